The first kappa shape index (κ1) is 25.3. The Bertz CT molecular complexity index is 557. The summed E-state index contributed by atoms with van der Waals surface area (Å²) in [5, 5.41) is 34.1. The average Bonchev–Trinajstić information content (AvgIpc) is 3.32. The van der Waals surface area contributed by atoms with E-state index < -0.39 is 24.3 Å². The molecule has 0 bridgehead atoms. The average molecular weight is 416 g/mol. The van der Waals surface area contributed by atoms with E-state index in [-0.39, 0.29) is 37.9 Å². The number of carboxylic acid groups (broad SMARTS) is 1. The van der Waals surface area contributed by atoms with Gasteiger partial charge < -0.3 is 26.0 Å². The lowest BCUT2D eigenvalue weighted by Crippen LogP contribution is -2.39. The van der Waals surface area contributed by atoms with Crippen molar-refractivity contribution < 1.29 is 29.3 Å². The van der Waals surface area contributed by atoms with Gasteiger partial charge in [-0.2, -0.15) is 5.26 Å². The highest BCUT2D eigenvalue weighted by atomic mass is 19.1. The topological polar surface area (TPSA) is 148 Å². The number of carbonyl (C=O) groups excluding carboxylic acids is 1. The Balaban J connectivity index is 0.000000226. The summed E-state index contributed by atoms with van der Waals surface area (Å²) < 4.78 is 12.7. The molecule has 5 unspecified atom stereocenters. The quantitative estimate of drug-likeness (QED) is 0.538. The Labute approximate surface area is 171 Å². The Morgan fingerprint density at radius 3 is 2.17 bits per heavy atom. The number of hydrogen-bond donors (Lipinski definition) is 4. The number of carboxylic acids is 1. The van der Waals surface area contributed by atoms with Gasteiger partial charge in [-0.15, -0.1) is 0 Å². The molecule has 29 heavy (non-hydrogen) atoms. The minimum atomic E-state index is -1.18. The molecule has 1 amide bonds. The van der Waals surface area contributed by atoms with Gasteiger partial charge in [0.15, 0.2) is 6.10 Å². The highest BCUT2D eigenvalue weighted by Gasteiger charge is 2.39. The standard InChI is InChI=1S/C9H16O.C7H10FN3O.C4H8O3/c1-6-2-7-4-9(10)5-8(7)3-6;8-5-1-6(2-9)11(4-5)7(12)3-10;1-2-3(5)4(6)7/h6-10H,2-5H2,1H3;5-6H,1,3-4,10H2;3,5H,2H2,1H3,(H,6,7)/t6?,7-,8+,9?;;. The third kappa shape index (κ3) is 7.88. The first-order chi connectivity index (χ1) is 13.6. The fourth-order valence-corrected chi connectivity index (χ4v) is 4.36. The summed E-state index contributed by atoms with van der Waals surface area (Å²) in [5.74, 6) is 1.18. The van der Waals surface area contributed by atoms with Crippen molar-refractivity contribution in [2.75, 3.05) is 13.1 Å². The zero-order chi connectivity index (χ0) is 22.1. The molecule has 0 radical (unpaired) electrons. The third-order valence-corrected chi connectivity index (χ3v) is 5.79. The molecule has 3 rings (SSSR count). The molecule has 1 saturated heterocycles. The Morgan fingerprint density at radius 1 is 1.24 bits per heavy atom. The van der Waals surface area contributed by atoms with Gasteiger partial charge in [0.1, 0.15) is 12.2 Å². The van der Waals surface area contributed by atoms with Crippen molar-refractivity contribution in [1.29, 1.82) is 5.26 Å². The number of amides is 1. The van der Waals surface area contributed by atoms with Crippen LogP contribution in [0.2, 0.25) is 0 Å². The predicted octanol–water partition coefficient (Wildman–Crippen LogP) is 1.05. The molecule has 2 aliphatic carbocycles. The SMILES string of the molecule is CC1C[C@@H]2CC(O)C[C@@H]2C1.CCC(O)C(=O)O.N#CC1CC(F)CN1C(=O)CN. The number of hydrogen-bond acceptors (Lipinski definition) is 6. The second-order valence-electron chi connectivity index (χ2n) is 8.21. The van der Waals surface area contributed by atoms with E-state index in [2.05, 4.69) is 6.92 Å². The van der Waals surface area contributed by atoms with Gasteiger partial charge in [0, 0.05) is 6.42 Å². The smallest absolute Gasteiger partial charge is 0.332 e. The molecule has 5 N–H and O–H groups in total. The van der Waals surface area contributed by atoms with Gasteiger partial charge in [0.2, 0.25) is 5.91 Å². The van der Waals surface area contributed by atoms with Gasteiger partial charge in [-0.1, -0.05) is 13.8 Å². The number of nitriles is 1. The highest BCUT2D eigenvalue weighted by molar-refractivity contribution is 5.79. The number of aliphatic carboxylic acids is 1. The van der Waals surface area contributed by atoms with Gasteiger partial charge in [-0.3, -0.25) is 4.79 Å². The predicted molar refractivity (Wildman–Crippen MR) is 104 cm³/mol. The van der Waals surface area contributed by atoms with E-state index in [1.54, 1.807) is 6.92 Å². The second kappa shape index (κ2) is 12.1. The van der Waals surface area contributed by atoms with Crippen LogP contribution in [0.1, 0.15) is 52.4 Å². The number of likely N-dealkylation sites (tertiary alicyclic amines) is 1. The monoisotopic (exact) mass is 415 g/mol. The number of aliphatic hydroxyl groups is 2. The molecule has 3 aliphatic rings. The van der Waals surface area contributed by atoms with Gasteiger partial charge in [0.05, 0.1) is 25.3 Å². The number of nitrogens with zero attached hydrogens (tertiary/aromatic N) is 2. The van der Waals surface area contributed by atoms with Crippen LogP contribution in [0.5, 0.6) is 0 Å². The number of halogens is 1. The minimum Gasteiger partial charge on any atom is -0.479 e. The van der Waals surface area contributed by atoms with E-state index in [0.29, 0.717) is 0 Å². The lowest BCUT2D eigenvalue weighted by Gasteiger charge is -2.17. The van der Waals surface area contributed by atoms with Gasteiger partial charge in [0.25, 0.3) is 0 Å². The summed E-state index contributed by atoms with van der Waals surface area (Å²) in [6, 6.07) is 1.24. The molecule has 1 heterocycles. The summed E-state index contributed by atoms with van der Waals surface area (Å²) in [4.78, 5) is 21.9. The summed E-state index contributed by atoms with van der Waals surface area (Å²) in [6.45, 7) is 3.79. The number of carbonyl (C=O) groups is 2. The molecule has 0 aromatic rings. The molecule has 3 fully saturated rings. The number of aliphatic hydroxyl groups excluding tert-OH is 2. The van der Waals surface area contributed by atoms with Crippen LogP contribution in [-0.4, -0.2) is 69.6 Å². The number of alkyl halides is 1. The van der Waals surface area contributed by atoms with Gasteiger partial charge in [-0.05, 0) is 49.9 Å². The second-order valence-corrected chi connectivity index (χ2v) is 8.21. The van der Waals surface area contributed by atoms with E-state index >= 15 is 0 Å². The summed E-state index contributed by atoms with van der Waals surface area (Å²) in [6.07, 6.45) is 3.11. The van der Waals surface area contributed by atoms with Crippen molar-refractivity contribution in [3.63, 3.8) is 0 Å². The van der Waals surface area contributed by atoms with Crippen LogP contribution in [0.25, 0.3) is 0 Å². The number of nitrogens with two attached hydrogens (primary N) is 1. The van der Waals surface area contributed by atoms with E-state index in [4.69, 9.17) is 21.2 Å². The molecule has 8 nitrogen and oxygen atoms in total. The van der Waals surface area contributed by atoms with E-state index in [0.717, 1.165) is 30.6 Å². The first-order valence-electron chi connectivity index (χ1n) is 10.2. The van der Waals surface area contributed by atoms with Crippen molar-refractivity contribution in [3.8, 4) is 6.07 Å². The Hall–Kier alpha value is -1.76. The maximum atomic E-state index is 12.7. The lowest BCUT2D eigenvalue weighted by atomic mass is 10.0. The molecule has 9 heteroatoms. The zero-order valence-corrected chi connectivity index (χ0v) is 17.2. The Morgan fingerprint density at radius 2 is 1.79 bits per heavy atom. The number of fused-ring (bicyclic) bond motifs is 1. The van der Waals surface area contributed by atoms with Crippen LogP contribution in [0.3, 0.4) is 0 Å². The van der Waals surface area contributed by atoms with Crippen molar-refractivity contribution in [1.82, 2.24) is 4.90 Å². The molecule has 7 atom stereocenters. The summed E-state index contributed by atoms with van der Waals surface area (Å²) in [5.41, 5.74) is 5.09. The lowest BCUT2D eigenvalue weighted by molar-refractivity contribution is -0.146. The molecule has 166 valence electrons. The van der Waals surface area contributed by atoms with Crippen LogP contribution in [-0.2, 0) is 9.59 Å². The normalized spacial score (nSPS) is 33.5. The third-order valence-electron chi connectivity index (χ3n) is 5.79. The first-order valence-corrected chi connectivity index (χ1v) is 10.2. The number of rotatable bonds is 3. The van der Waals surface area contributed by atoms with E-state index in [9.17, 15) is 19.1 Å². The highest BCUT2D eigenvalue weighted by Crippen LogP contribution is 2.46. The molecular weight excluding hydrogens is 381 g/mol. The summed E-state index contributed by atoms with van der Waals surface area (Å²) >= 11 is 0. The molecule has 2 saturated carbocycles. The molecular formula is C20H34FN3O5. The molecule has 1 aliphatic heterocycles. The minimum absolute atomic E-state index is 0.00819. The van der Waals surface area contributed by atoms with Crippen LogP contribution < -0.4 is 5.73 Å². The van der Waals surface area contributed by atoms with Crippen LogP contribution in [0.4, 0.5) is 4.39 Å². The molecule has 0 spiro atoms. The van der Waals surface area contributed by atoms with Crippen LogP contribution in [0.15, 0.2) is 0 Å². The molecule has 0 aromatic heterocycles. The van der Waals surface area contributed by atoms with Crippen molar-refractivity contribution in [2.45, 2.75) is 76.8 Å². The van der Waals surface area contributed by atoms with E-state index in [1.807, 2.05) is 6.07 Å². The zero-order valence-electron chi connectivity index (χ0n) is 17.2. The fourth-order valence-electron chi connectivity index (χ4n) is 4.36. The van der Waals surface area contributed by atoms with Crippen LogP contribution in [0, 0.1) is 29.1 Å². The summed E-state index contributed by atoms with van der Waals surface area (Å²) in [7, 11) is 0. The van der Waals surface area contributed by atoms with Crippen LogP contribution >= 0.6 is 0 Å². The Kier molecular flexibility index (Phi) is 10.5. The largest absolute Gasteiger partial charge is 0.479 e. The maximum absolute atomic E-state index is 12.7. The van der Waals surface area contributed by atoms with E-state index in [1.165, 1.54) is 17.7 Å². The molecule has 0 aromatic carbocycles. The fraction of sp³-hybridized carbons (Fsp3) is 0.850. The van der Waals surface area contributed by atoms with Crippen molar-refractivity contribution in [2.24, 2.45) is 23.5 Å². The van der Waals surface area contributed by atoms with Gasteiger partial charge >= 0.3 is 5.97 Å². The van der Waals surface area contributed by atoms with Crippen molar-refractivity contribution >= 4 is 11.9 Å². The van der Waals surface area contributed by atoms with Crippen molar-refractivity contribution in [3.05, 3.63) is 0 Å². The maximum Gasteiger partial charge on any atom is 0.332 e. The van der Waals surface area contributed by atoms with Gasteiger partial charge in [-0.25, -0.2) is 9.18 Å².